The van der Waals surface area contributed by atoms with Gasteiger partial charge in [0.15, 0.2) is 0 Å². The van der Waals surface area contributed by atoms with E-state index in [2.05, 4.69) is 4.98 Å². The maximum absolute atomic E-state index is 11.4. The molecule has 0 aromatic carbocycles. The first-order valence-corrected chi connectivity index (χ1v) is 4.81. The Labute approximate surface area is 92.0 Å². The van der Waals surface area contributed by atoms with Crippen LogP contribution in [0.3, 0.4) is 0 Å². The van der Waals surface area contributed by atoms with Crippen molar-refractivity contribution in [2.24, 2.45) is 0 Å². The molecule has 1 aromatic heterocycles. The first kappa shape index (κ1) is 11.3. The molecule has 0 spiro atoms. The van der Waals surface area contributed by atoms with E-state index in [1.165, 1.54) is 6.07 Å². The number of esters is 1. The number of pyridine rings is 1. The van der Waals surface area contributed by atoms with Crippen LogP contribution in [0.1, 0.15) is 22.8 Å². The summed E-state index contributed by atoms with van der Waals surface area (Å²) in [7, 11) is 0. The topological polar surface area (TPSA) is 39.2 Å². The standard InChI is InChI=1S/C9H9Cl2NO2/c1-3-14-9(13)6-4-7(10)12-8(11)5(6)2/h4H,3H2,1-2H3. The Morgan fingerprint density at radius 2 is 2.21 bits per heavy atom. The number of aromatic nitrogens is 1. The van der Waals surface area contributed by atoms with Crippen molar-refractivity contribution in [3.63, 3.8) is 0 Å². The molecule has 0 fully saturated rings. The number of ether oxygens (including phenoxy) is 1. The Balaban J connectivity index is 3.13. The number of hydrogen-bond donors (Lipinski definition) is 0. The van der Waals surface area contributed by atoms with Gasteiger partial charge in [-0.2, -0.15) is 0 Å². The van der Waals surface area contributed by atoms with Crippen molar-refractivity contribution in [3.8, 4) is 0 Å². The van der Waals surface area contributed by atoms with Gasteiger partial charge in [-0.3, -0.25) is 0 Å². The van der Waals surface area contributed by atoms with E-state index in [4.69, 9.17) is 27.9 Å². The minimum atomic E-state index is -0.434. The molecule has 1 rings (SSSR count). The van der Waals surface area contributed by atoms with E-state index in [0.29, 0.717) is 17.7 Å². The van der Waals surface area contributed by atoms with Gasteiger partial charge in [-0.1, -0.05) is 23.2 Å². The number of carbonyl (C=O) groups excluding carboxylic acids is 1. The van der Waals surface area contributed by atoms with Crippen molar-refractivity contribution in [2.75, 3.05) is 6.61 Å². The molecule has 1 aromatic rings. The molecule has 0 aliphatic rings. The summed E-state index contributed by atoms with van der Waals surface area (Å²) >= 11 is 11.4. The first-order valence-electron chi connectivity index (χ1n) is 4.06. The quantitative estimate of drug-likeness (QED) is 0.583. The summed E-state index contributed by atoms with van der Waals surface area (Å²) in [4.78, 5) is 15.2. The molecule has 3 nitrogen and oxygen atoms in total. The van der Waals surface area contributed by atoms with Gasteiger partial charge >= 0.3 is 5.97 Å². The van der Waals surface area contributed by atoms with E-state index in [0.717, 1.165) is 0 Å². The maximum Gasteiger partial charge on any atom is 0.338 e. The molecule has 1 heterocycles. The fourth-order valence-electron chi connectivity index (χ4n) is 0.969. The molecule has 0 N–H and O–H groups in total. The van der Waals surface area contributed by atoms with Crippen molar-refractivity contribution >= 4 is 29.2 Å². The van der Waals surface area contributed by atoms with Crippen LogP contribution in [0.2, 0.25) is 10.3 Å². The summed E-state index contributed by atoms with van der Waals surface area (Å²) in [6.07, 6.45) is 0. The van der Waals surface area contributed by atoms with Gasteiger partial charge in [0.1, 0.15) is 10.3 Å². The molecule has 0 saturated heterocycles. The predicted octanol–water partition coefficient (Wildman–Crippen LogP) is 2.87. The molecule has 0 radical (unpaired) electrons. The Hall–Kier alpha value is -0.800. The minimum absolute atomic E-state index is 0.184. The monoisotopic (exact) mass is 233 g/mol. The van der Waals surface area contributed by atoms with E-state index in [1.54, 1.807) is 13.8 Å². The largest absolute Gasteiger partial charge is 0.462 e. The SMILES string of the molecule is CCOC(=O)c1cc(Cl)nc(Cl)c1C. The number of nitrogens with zero attached hydrogens (tertiary/aromatic N) is 1. The van der Waals surface area contributed by atoms with Crippen molar-refractivity contribution in [1.82, 2.24) is 4.98 Å². The van der Waals surface area contributed by atoms with E-state index in [1.807, 2.05) is 0 Å². The van der Waals surface area contributed by atoms with Gasteiger partial charge in [-0.05, 0) is 19.9 Å². The summed E-state index contributed by atoms with van der Waals surface area (Å²) < 4.78 is 4.83. The van der Waals surface area contributed by atoms with Crippen molar-refractivity contribution in [3.05, 3.63) is 27.5 Å². The van der Waals surface area contributed by atoms with Gasteiger partial charge in [-0.25, -0.2) is 9.78 Å². The Bertz CT molecular complexity index is 366. The molecule has 76 valence electrons. The van der Waals surface area contributed by atoms with Crippen LogP contribution in [-0.4, -0.2) is 17.6 Å². The summed E-state index contributed by atoms with van der Waals surface area (Å²) in [5.74, 6) is -0.434. The highest BCUT2D eigenvalue weighted by atomic mass is 35.5. The van der Waals surface area contributed by atoms with Crippen LogP contribution in [0.5, 0.6) is 0 Å². The lowest BCUT2D eigenvalue weighted by Gasteiger charge is -2.06. The second-order valence-corrected chi connectivity index (χ2v) is 3.37. The smallest absolute Gasteiger partial charge is 0.338 e. The summed E-state index contributed by atoms with van der Waals surface area (Å²) in [5.41, 5.74) is 0.936. The van der Waals surface area contributed by atoms with E-state index < -0.39 is 5.97 Å². The normalized spacial score (nSPS) is 10.0. The van der Waals surface area contributed by atoms with E-state index >= 15 is 0 Å². The summed E-state index contributed by atoms with van der Waals surface area (Å²) in [5, 5.41) is 0.407. The van der Waals surface area contributed by atoms with Crippen LogP contribution in [0.4, 0.5) is 0 Å². The molecule has 0 bridgehead atoms. The lowest BCUT2D eigenvalue weighted by atomic mass is 10.1. The Morgan fingerprint density at radius 3 is 2.79 bits per heavy atom. The van der Waals surface area contributed by atoms with Crippen LogP contribution in [0, 0.1) is 6.92 Å². The average Bonchev–Trinajstić information content (AvgIpc) is 2.11. The second kappa shape index (κ2) is 4.62. The van der Waals surface area contributed by atoms with Crippen molar-refractivity contribution in [2.45, 2.75) is 13.8 Å². The predicted molar refractivity (Wildman–Crippen MR) is 55.0 cm³/mol. The number of hydrogen-bond acceptors (Lipinski definition) is 3. The third kappa shape index (κ3) is 2.36. The molecule has 0 saturated carbocycles. The zero-order valence-electron chi connectivity index (χ0n) is 7.80. The number of rotatable bonds is 2. The van der Waals surface area contributed by atoms with Crippen molar-refractivity contribution in [1.29, 1.82) is 0 Å². The lowest BCUT2D eigenvalue weighted by molar-refractivity contribution is 0.0525. The van der Waals surface area contributed by atoms with Crippen LogP contribution >= 0.6 is 23.2 Å². The molecule has 14 heavy (non-hydrogen) atoms. The average molecular weight is 234 g/mol. The molecule has 0 atom stereocenters. The molecule has 0 amide bonds. The van der Waals surface area contributed by atoms with Gasteiger partial charge in [0.05, 0.1) is 12.2 Å². The Kier molecular flexibility index (Phi) is 3.72. The molecule has 0 aliphatic heterocycles. The van der Waals surface area contributed by atoms with Gasteiger partial charge in [0, 0.05) is 5.56 Å². The highest BCUT2D eigenvalue weighted by Gasteiger charge is 2.14. The first-order chi connectivity index (χ1) is 6.56. The lowest BCUT2D eigenvalue weighted by Crippen LogP contribution is -2.07. The summed E-state index contributed by atoms with van der Waals surface area (Å²) in [6.45, 7) is 3.74. The second-order valence-electron chi connectivity index (χ2n) is 2.63. The van der Waals surface area contributed by atoms with Crippen LogP contribution < -0.4 is 0 Å². The van der Waals surface area contributed by atoms with E-state index in [-0.39, 0.29) is 10.3 Å². The fraction of sp³-hybridized carbons (Fsp3) is 0.333. The molecule has 0 unspecified atom stereocenters. The van der Waals surface area contributed by atoms with Crippen LogP contribution in [0.25, 0.3) is 0 Å². The maximum atomic E-state index is 11.4. The highest BCUT2D eigenvalue weighted by Crippen LogP contribution is 2.21. The summed E-state index contributed by atoms with van der Waals surface area (Å²) in [6, 6.07) is 1.45. The zero-order chi connectivity index (χ0) is 10.7. The van der Waals surface area contributed by atoms with Gasteiger partial charge in [-0.15, -0.1) is 0 Å². The molecular weight excluding hydrogens is 225 g/mol. The van der Waals surface area contributed by atoms with E-state index in [9.17, 15) is 4.79 Å². The minimum Gasteiger partial charge on any atom is -0.462 e. The third-order valence-corrected chi connectivity index (χ3v) is 2.24. The van der Waals surface area contributed by atoms with Crippen LogP contribution in [0.15, 0.2) is 6.07 Å². The van der Waals surface area contributed by atoms with Crippen molar-refractivity contribution < 1.29 is 9.53 Å². The number of halogens is 2. The molecule has 5 heteroatoms. The third-order valence-electron chi connectivity index (χ3n) is 1.68. The number of carbonyl (C=O) groups is 1. The zero-order valence-corrected chi connectivity index (χ0v) is 9.32. The Morgan fingerprint density at radius 1 is 1.57 bits per heavy atom. The fourth-order valence-corrected chi connectivity index (χ4v) is 1.40. The molecule has 0 aliphatic carbocycles. The van der Waals surface area contributed by atoms with Crippen LogP contribution in [-0.2, 0) is 4.74 Å². The highest BCUT2D eigenvalue weighted by molar-refractivity contribution is 6.33. The van der Waals surface area contributed by atoms with Gasteiger partial charge in [0.25, 0.3) is 0 Å². The van der Waals surface area contributed by atoms with Gasteiger partial charge < -0.3 is 4.74 Å². The van der Waals surface area contributed by atoms with Gasteiger partial charge in [0.2, 0.25) is 0 Å². The molecular formula is C9H9Cl2NO2.